The zero-order chi connectivity index (χ0) is 21.0. The van der Waals surface area contributed by atoms with Gasteiger partial charge >= 0.3 is 6.01 Å². The van der Waals surface area contributed by atoms with Crippen molar-refractivity contribution in [3.63, 3.8) is 0 Å². The highest BCUT2D eigenvalue weighted by Gasteiger charge is 2.25. The van der Waals surface area contributed by atoms with Gasteiger partial charge in [0, 0.05) is 31.4 Å². The van der Waals surface area contributed by atoms with Crippen molar-refractivity contribution in [1.29, 1.82) is 5.26 Å². The lowest BCUT2D eigenvalue weighted by molar-refractivity contribution is 0.121. The average Bonchev–Trinajstić information content (AvgIpc) is 3.30. The summed E-state index contributed by atoms with van der Waals surface area (Å²) < 4.78 is 13.4. The molecule has 1 saturated heterocycles. The van der Waals surface area contributed by atoms with Gasteiger partial charge in [0.25, 0.3) is 0 Å². The van der Waals surface area contributed by atoms with E-state index in [1.165, 1.54) is 6.33 Å². The standard InChI is InChI=1S/C20H23N9O2/c21-12-15-5-6-22-19(26-15)25-14-1-3-16(4-2-14)31-20-27-18(28-7-9-30-10-8-28)11-17-23-13-24-29(17)20/h5-6,11,13-14,16H,1-4,7-10H2,(H,22,25,26)/t14-,16+. The molecule has 0 bridgehead atoms. The summed E-state index contributed by atoms with van der Waals surface area (Å²) in [6, 6.07) is 6.28. The van der Waals surface area contributed by atoms with Gasteiger partial charge < -0.3 is 19.7 Å². The molecule has 2 aliphatic rings. The first kappa shape index (κ1) is 19.4. The van der Waals surface area contributed by atoms with Crippen LogP contribution < -0.4 is 15.0 Å². The number of fused-ring (bicyclic) bond motifs is 1. The lowest BCUT2D eigenvalue weighted by Crippen LogP contribution is -2.37. The van der Waals surface area contributed by atoms with E-state index in [2.05, 4.69) is 30.3 Å². The van der Waals surface area contributed by atoms with Crippen molar-refractivity contribution in [2.24, 2.45) is 0 Å². The molecule has 11 nitrogen and oxygen atoms in total. The fourth-order valence-electron chi connectivity index (χ4n) is 3.97. The largest absolute Gasteiger partial charge is 0.460 e. The van der Waals surface area contributed by atoms with Crippen molar-refractivity contribution in [2.45, 2.75) is 37.8 Å². The van der Waals surface area contributed by atoms with Gasteiger partial charge in [-0.05, 0) is 31.7 Å². The van der Waals surface area contributed by atoms with Crippen LogP contribution in [0, 0.1) is 11.3 Å². The Hall–Kier alpha value is -3.52. The molecule has 0 radical (unpaired) electrons. The fraction of sp³-hybridized carbons (Fsp3) is 0.500. The molecular weight excluding hydrogens is 398 g/mol. The second kappa shape index (κ2) is 8.69. The van der Waals surface area contributed by atoms with Crippen LogP contribution in [0.1, 0.15) is 31.4 Å². The number of anilines is 2. The normalized spacial score (nSPS) is 21.6. The van der Waals surface area contributed by atoms with E-state index in [4.69, 9.17) is 19.7 Å². The van der Waals surface area contributed by atoms with Gasteiger partial charge in [-0.1, -0.05) is 0 Å². The average molecular weight is 421 g/mol. The third-order valence-electron chi connectivity index (χ3n) is 5.61. The number of hydrogen-bond acceptors (Lipinski definition) is 10. The molecule has 0 atom stereocenters. The molecule has 1 aliphatic heterocycles. The van der Waals surface area contributed by atoms with Crippen molar-refractivity contribution in [1.82, 2.24) is 29.5 Å². The molecule has 0 unspecified atom stereocenters. The Balaban J connectivity index is 1.24. The number of ether oxygens (including phenoxy) is 2. The number of nitriles is 1. The second-order valence-corrected chi connectivity index (χ2v) is 7.64. The van der Waals surface area contributed by atoms with Crippen LogP contribution in [0.4, 0.5) is 11.8 Å². The van der Waals surface area contributed by atoms with Crippen molar-refractivity contribution in [3.8, 4) is 12.1 Å². The Morgan fingerprint density at radius 3 is 2.77 bits per heavy atom. The molecule has 1 N–H and O–H groups in total. The van der Waals surface area contributed by atoms with Gasteiger partial charge in [0.05, 0.1) is 13.2 Å². The minimum atomic E-state index is 0.0456. The Bertz CT molecular complexity index is 1080. The summed E-state index contributed by atoms with van der Waals surface area (Å²) in [4.78, 5) is 19.7. The van der Waals surface area contributed by atoms with Crippen LogP contribution in [-0.2, 0) is 4.74 Å². The van der Waals surface area contributed by atoms with Crippen LogP contribution in [0.25, 0.3) is 5.65 Å². The predicted molar refractivity (Wildman–Crippen MR) is 111 cm³/mol. The Labute approximate surface area is 179 Å². The maximum absolute atomic E-state index is 8.99. The molecule has 11 heteroatoms. The number of nitrogens with one attached hydrogen (secondary N) is 1. The summed E-state index contributed by atoms with van der Waals surface area (Å²) in [7, 11) is 0. The molecule has 0 spiro atoms. The first-order chi connectivity index (χ1) is 15.3. The maximum atomic E-state index is 8.99. The van der Waals surface area contributed by atoms with Crippen LogP contribution in [0.3, 0.4) is 0 Å². The van der Waals surface area contributed by atoms with Crippen LogP contribution in [0.2, 0.25) is 0 Å². The van der Waals surface area contributed by atoms with E-state index in [1.807, 2.05) is 12.1 Å². The molecule has 1 aliphatic carbocycles. The monoisotopic (exact) mass is 421 g/mol. The van der Waals surface area contributed by atoms with Crippen LogP contribution >= 0.6 is 0 Å². The van der Waals surface area contributed by atoms with Crippen LogP contribution in [0.15, 0.2) is 24.7 Å². The van der Waals surface area contributed by atoms with E-state index in [9.17, 15) is 0 Å². The zero-order valence-electron chi connectivity index (χ0n) is 17.0. The van der Waals surface area contributed by atoms with Crippen LogP contribution in [0.5, 0.6) is 6.01 Å². The van der Waals surface area contributed by atoms with E-state index in [0.29, 0.717) is 30.9 Å². The highest BCUT2D eigenvalue weighted by molar-refractivity contribution is 5.52. The van der Waals surface area contributed by atoms with Crippen molar-refractivity contribution in [3.05, 3.63) is 30.4 Å². The lowest BCUT2D eigenvalue weighted by Gasteiger charge is -2.30. The summed E-state index contributed by atoms with van der Waals surface area (Å²) in [5, 5.41) is 16.6. The first-order valence-corrected chi connectivity index (χ1v) is 10.5. The molecule has 160 valence electrons. The zero-order valence-corrected chi connectivity index (χ0v) is 17.0. The highest BCUT2D eigenvalue weighted by Crippen LogP contribution is 2.26. The van der Waals surface area contributed by atoms with Crippen molar-refractivity contribution < 1.29 is 9.47 Å². The predicted octanol–water partition coefficient (Wildman–Crippen LogP) is 1.42. The number of aromatic nitrogens is 6. The van der Waals surface area contributed by atoms with E-state index < -0.39 is 0 Å². The molecule has 0 amide bonds. The summed E-state index contributed by atoms with van der Waals surface area (Å²) in [5.74, 6) is 1.33. The van der Waals surface area contributed by atoms with Crippen molar-refractivity contribution in [2.75, 3.05) is 36.5 Å². The summed E-state index contributed by atoms with van der Waals surface area (Å²) in [6.07, 6.45) is 6.72. The topological polar surface area (TPSA) is 126 Å². The third kappa shape index (κ3) is 4.34. The van der Waals surface area contributed by atoms with E-state index >= 15 is 0 Å². The van der Waals surface area contributed by atoms with E-state index in [-0.39, 0.29) is 12.1 Å². The molecule has 3 aromatic heterocycles. The van der Waals surface area contributed by atoms with Gasteiger partial charge in [0.15, 0.2) is 5.65 Å². The Morgan fingerprint density at radius 1 is 1.13 bits per heavy atom. The van der Waals surface area contributed by atoms with Gasteiger partial charge in [-0.2, -0.15) is 19.9 Å². The van der Waals surface area contributed by atoms with Gasteiger partial charge in [0.2, 0.25) is 5.95 Å². The molecule has 2 fully saturated rings. The van der Waals surface area contributed by atoms with E-state index in [1.54, 1.807) is 16.8 Å². The number of hydrogen-bond donors (Lipinski definition) is 1. The van der Waals surface area contributed by atoms with E-state index in [0.717, 1.165) is 50.2 Å². The minimum Gasteiger partial charge on any atom is -0.460 e. The quantitative estimate of drug-likeness (QED) is 0.646. The number of nitrogens with zero attached hydrogens (tertiary/aromatic N) is 8. The molecule has 5 rings (SSSR count). The Morgan fingerprint density at radius 2 is 1.97 bits per heavy atom. The van der Waals surface area contributed by atoms with Gasteiger partial charge in [0.1, 0.15) is 30.0 Å². The van der Waals surface area contributed by atoms with Gasteiger partial charge in [-0.25, -0.2) is 15.0 Å². The maximum Gasteiger partial charge on any atom is 0.321 e. The molecule has 1 saturated carbocycles. The highest BCUT2D eigenvalue weighted by atomic mass is 16.5. The van der Waals surface area contributed by atoms with Gasteiger partial charge in [-0.15, -0.1) is 0 Å². The lowest BCUT2D eigenvalue weighted by atomic mass is 9.93. The SMILES string of the molecule is N#Cc1ccnc(N[C@H]2CC[C@@H](Oc3nc(N4CCOCC4)cc4ncnn34)CC2)n1. The van der Waals surface area contributed by atoms with Gasteiger partial charge in [-0.3, -0.25) is 0 Å². The summed E-state index contributed by atoms with van der Waals surface area (Å²) in [6.45, 7) is 2.96. The summed E-state index contributed by atoms with van der Waals surface area (Å²) in [5.41, 5.74) is 1.08. The Kier molecular flexibility index (Phi) is 5.45. The number of rotatable bonds is 5. The molecule has 0 aromatic carbocycles. The molecule has 3 aromatic rings. The van der Waals surface area contributed by atoms with Crippen molar-refractivity contribution >= 4 is 17.4 Å². The van der Waals surface area contributed by atoms with Crippen LogP contribution in [-0.4, -0.2) is 68.0 Å². The molecular formula is C20H23N9O2. The molecule has 4 heterocycles. The third-order valence-corrected chi connectivity index (χ3v) is 5.61. The smallest absolute Gasteiger partial charge is 0.321 e. The fourth-order valence-corrected chi connectivity index (χ4v) is 3.97. The second-order valence-electron chi connectivity index (χ2n) is 7.64. The first-order valence-electron chi connectivity index (χ1n) is 10.5. The minimum absolute atomic E-state index is 0.0456. The molecule has 31 heavy (non-hydrogen) atoms. The number of morpholine rings is 1. The summed E-state index contributed by atoms with van der Waals surface area (Å²) >= 11 is 0.